The van der Waals surface area contributed by atoms with Crippen molar-refractivity contribution in [2.24, 2.45) is 0 Å². The number of thiophene rings is 1. The Hall–Kier alpha value is -3.91. The second kappa shape index (κ2) is 9.70. The molecule has 0 saturated heterocycles. The minimum Gasteiger partial charge on any atom is -0.493 e. The number of nitrogens with zero attached hydrogens (tertiary/aromatic N) is 1. The maximum atomic E-state index is 13.0. The Morgan fingerprint density at radius 1 is 0.909 bits per heavy atom. The molecular formula is C25H21NO6S. The maximum absolute atomic E-state index is 13.0. The van der Waals surface area contributed by atoms with Gasteiger partial charge in [-0.25, -0.2) is 9.78 Å². The number of benzene rings is 2. The van der Waals surface area contributed by atoms with Crippen molar-refractivity contribution in [3.05, 3.63) is 71.1 Å². The quantitative estimate of drug-likeness (QED) is 0.268. The molecule has 0 saturated carbocycles. The minimum atomic E-state index is -0.604. The average Bonchev–Trinajstić information content (AvgIpc) is 3.40. The van der Waals surface area contributed by atoms with Crippen molar-refractivity contribution in [1.82, 2.24) is 4.98 Å². The van der Waals surface area contributed by atoms with Gasteiger partial charge < -0.3 is 18.9 Å². The molecule has 0 atom stereocenters. The largest absolute Gasteiger partial charge is 0.493 e. The van der Waals surface area contributed by atoms with Gasteiger partial charge >= 0.3 is 5.97 Å². The zero-order valence-corrected chi connectivity index (χ0v) is 19.1. The summed E-state index contributed by atoms with van der Waals surface area (Å²) in [7, 11) is 4.41. The Morgan fingerprint density at radius 2 is 1.64 bits per heavy atom. The summed E-state index contributed by atoms with van der Waals surface area (Å²) < 4.78 is 21.3. The molecule has 4 rings (SSSR count). The van der Waals surface area contributed by atoms with Crippen molar-refractivity contribution >= 4 is 34.0 Å². The Labute approximate surface area is 194 Å². The van der Waals surface area contributed by atoms with Crippen LogP contribution >= 0.6 is 11.3 Å². The molecular weight excluding hydrogens is 442 g/mol. The standard InChI is InChI=1S/C25H21NO6S/c1-29-21-11-15(12-22(30-2)24(21)31-3)20(27)14-32-25(28)17-13-19(23-9-6-10-33-23)26-18-8-5-4-7-16(17)18/h4-13H,14H2,1-3H3. The molecule has 33 heavy (non-hydrogen) atoms. The average molecular weight is 464 g/mol. The minimum absolute atomic E-state index is 0.274. The lowest BCUT2D eigenvalue weighted by Gasteiger charge is -2.14. The molecule has 0 N–H and O–H groups in total. The molecule has 0 aliphatic carbocycles. The van der Waals surface area contributed by atoms with Crippen LogP contribution in [0.15, 0.2) is 60.0 Å². The van der Waals surface area contributed by atoms with Gasteiger partial charge in [0.25, 0.3) is 0 Å². The number of ether oxygens (including phenoxy) is 4. The molecule has 0 amide bonds. The molecule has 8 heteroatoms. The van der Waals surface area contributed by atoms with Gasteiger partial charge in [-0.2, -0.15) is 0 Å². The smallest absolute Gasteiger partial charge is 0.339 e. The Kier molecular flexibility index (Phi) is 6.55. The van der Waals surface area contributed by atoms with E-state index in [0.29, 0.717) is 39.4 Å². The van der Waals surface area contributed by atoms with E-state index in [9.17, 15) is 9.59 Å². The number of ketones is 1. The first-order valence-electron chi connectivity index (χ1n) is 9.99. The van der Waals surface area contributed by atoms with Gasteiger partial charge in [0.15, 0.2) is 18.1 Å². The summed E-state index contributed by atoms with van der Waals surface area (Å²) in [6.45, 7) is -0.442. The summed E-state index contributed by atoms with van der Waals surface area (Å²) in [5.41, 5.74) is 1.97. The first-order valence-corrected chi connectivity index (χ1v) is 10.9. The monoisotopic (exact) mass is 463 g/mol. The molecule has 4 aromatic rings. The van der Waals surface area contributed by atoms with Gasteiger partial charge in [-0.15, -0.1) is 11.3 Å². The van der Waals surface area contributed by atoms with E-state index in [-0.39, 0.29) is 5.56 Å². The van der Waals surface area contributed by atoms with Crippen LogP contribution in [0.4, 0.5) is 0 Å². The van der Waals surface area contributed by atoms with E-state index in [1.54, 1.807) is 12.1 Å². The fraction of sp³-hybridized carbons (Fsp3) is 0.160. The number of fused-ring (bicyclic) bond motifs is 1. The van der Waals surface area contributed by atoms with Gasteiger partial charge in [0.2, 0.25) is 11.5 Å². The molecule has 0 bridgehead atoms. The molecule has 0 unspecified atom stereocenters. The zero-order chi connectivity index (χ0) is 23.4. The van der Waals surface area contributed by atoms with Gasteiger partial charge in [0, 0.05) is 10.9 Å². The number of rotatable bonds is 8. The fourth-order valence-electron chi connectivity index (χ4n) is 3.43. The van der Waals surface area contributed by atoms with Crippen molar-refractivity contribution in [1.29, 1.82) is 0 Å². The highest BCUT2D eigenvalue weighted by Crippen LogP contribution is 2.38. The molecule has 0 spiro atoms. The third kappa shape index (κ3) is 4.51. The highest BCUT2D eigenvalue weighted by molar-refractivity contribution is 7.13. The summed E-state index contributed by atoms with van der Waals surface area (Å²) in [4.78, 5) is 31.4. The van der Waals surface area contributed by atoms with Crippen molar-refractivity contribution < 1.29 is 28.5 Å². The van der Waals surface area contributed by atoms with Gasteiger partial charge in [-0.05, 0) is 35.7 Å². The molecule has 2 heterocycles. The topological polar surface area (TPSA) is 84.0 Å². The zero-order valence-electron chi connectivity index (χ0n) is 18.3. The van der Waals surface area contributed by atoms with E-state index in [2.05, 4.69) is 4.98 Å². The number of para-hydroxylation sites is 1. The SMILES string of the molecule is COc1cc(C(=O)COC(=O)c2cc(-c3cccs3)nc3ccccc23)cc(OC)c1OC. The highest BCUT2D eigenvalue weighted by Gasteiger charge is 2.20. The predicted octanol–water partition coefficient (Wildman–Crippen LogP) is 5.03. The number of hydrogen-bond acceptors (Lipinski definition) is 8. The van der Waals surface area contributed by atoms with Gasteiger partial charge in [0.1, 0.15) is 0 Å². The van der Waals surface area contributed by atoms with Crippen molar-refractivity contribution in [2.75, 3.05) is 27.9 Å². The second-order valence-corrected chi connectivity index (χ2v) is 7.91. The van der Waals surface area contributed by atoms with Crippen LogP contribution in [-0.4, -0.2) is 44.7 Å². The molecule has 0 radical (unpaired) electrons. The first-order chi connectivity index (χ1) is 16.0. The van der Waals surface area contributed by atoms with E-state index < -0.39 is 18.4 Å². The van der Waals surface area contributed by atoms with Gasteiger partial charge in [-0.3, -0.25) is 4.79 Å². The Bertz CT molecular complexity index is 1290. The van der Waals surface area contributed by atoms with Crippen molar-refractivity contribution in [3.8, 4) is 27.8 Å². The third-order valence-electron chi connectivity index (χ3n) is 5.03. The van der Waals surface area contributed by atoms with Crippen LogP contribution in [-0.2, 0) is 4.74 Å². The molecule has 7 nitrogen and oxygen atoms in total. The lowest BCUT2D eigenvalue weighted by Crippen LogP contribution is -2.15. The molecule has 2 aromatic carbocycles. The van der Waals surface area contributed by atoms with Crippen molar-refractivity contribution in [2.45, 2.75) is 0 Å². The normalized spacial score (nSPS) is 10.6. The number of pyridine rings is 1. The Morgan fingerprint density at radius 3 is 2.27 bits per heavy atom. The highest BCUT2D eigenvalue weighted by atomic mass is 32.1. The van der Waals surface area contributed by atoms with E-state index in [1.807, 2.05) is 35.7 Å². The van der Waals surface area contributed by atoms with E-state index >= 15 is 0 Å². The van der Waals surface area contributed by atoms with Crippen LogP contribution in [0.2, 0.25) is 0 Å². The number of esters is 1. The first kappa shape index (κ1) is 22.3. The number of Topliss-reactive ketones (excluding diaryl/α,β-unsaturated/α-hetero) is 1. The van der Waals surface area contributed by atoms with Crippen LogP contribution in [0.1, 0.15) is 20.7 Å². The summed E-state index contributed by atoms with van der Waals surface area (Å²) in [6.07, 6.45) is 0. The van der Waals surface area contributed by atoms with E-state index in [0.717, 1.165) is 4.88 Å². The lowest BCUT2D eigenvalue weighted by atomic mass is 10.1. The van der Waals surface area contributed by atoms with Crippen LogP contribution in [0, 0.1) is 0 Å². The van der Waals surface area contributed by atoms with Gasteiger partial charge in [0.05, 0.1) is 43.0 Å². The molecule has 168 valence electrons. The van der Waals surface area contributed by atoms with E-state index in [4.69, 9.17) is 18.9 Å². The molecule has 2 aromatic heterocycles. The summed E-state index contributed by atoms with van der Waals surface area (Å²) >= 11 is 1.53. The Balaban J connectivity index is 1.60. The number of hydrogen-bond donors (Lipinski definition) is 0. The predicted molar refractivity (Wildman–Crippen MR) is 126 cm³/mol. The van der Waals surface area contributed by atoms with E-state index in [1.165, 1.54) is 44.8 Å². The summed E-state index contributed by atoms with van der Waals surface area (Å²) in [6, 6.07) is 15.9. The number of aromatic nitrogens is 1. The maximum Gasteiger partial charge on any atom is 0.339 e. The number of methoxy groups -OCH3 is 3. The lowest BCUT2D eigenvalue weighted by molar-refractivity contribution is 0.0476. The summed E-state index contributed by atoms with van der Waals surface area (Å²) in [5, 5.41) is 2.60. The second-order valence-electron chi connectivity index (χ2n) is 6.96. The van der Waals surface area contributed by atoms with Gasteiger partial charge in [-0.1, -0.05) is 24.3 Å². The van der Waals surface area contributed by atoms with Crippen LogP contribution in [0.3, 0.4) is 0 Å². The number of carbonyl (C=O) groups excluding carboxylic acids is 2. The van der Waals surface area contributed by atoms with Crippen LogP contribution in [0.25, 0.3) is 21.5 Å². The molecule has 0 aliphatic rings. The molecule has 0 fully saturated rings. The van der Waals surface area contributed by atoms with Crippen LogP contribution in [0.5, 0.6) is 17.2 Å². The number of carbonyl (C=O) groups is 2. The molecule has 0 aliphatic heterocycles. The van der Waals surface area contributed by atoms with Crippen molar-refractivity contribution in [3.63, 3.8) is 0 Å². The van der Waals surface area contributed by atoms with Crippen LogP contribution < -0.4 is 14.2 Å². The third-order valence-corrected chi connectivity index (χ3v) is 5.92. The fourth-order valence-corrected chi connectivity index (χ4v) is 4.12. The summed E-state index contributed by atoms with van der Waals surface area (Å²) in [5.74, 6) is 0.0454.